The fourth-order valence-electron chi connectivity index (χ4n) is 2.28. The summed E-state index contributed by atoms with van der Waals surface area (Å²) in [4.78, 5) is 4.07. The highest BCUT2D eigenvalue weighted by Crippen LogP contribution is 2.33. The Balaban J connectivity index is 2.08. The summed E-state index contributed by atoms with van der Waals surface area (Å²) in [7, 11) is 0. The zero-order valence-corrected chi connectivity index (χ0v) is 12.4. The third-order valence-corrected chi connectivity index (χ3v) is 4.88. The van der Waals surface area contributed by atoms with Gasteiger partial charge >= 0.3 is 0 Å². The van der Waals surface area contributed by atoms with Crippen molar-refractivity contribution >= 4 is 27.3 Å². The van der Waals surface area contributed by atoms with Crippen LogP contribution in [0.5, 0.6) is 0 Å². The van der Waals surface area contributed by atoms with E-state index in [2.05, 4.69) is 44.9 Å². The molecular weight excluding hydrogens is 296 g/mol. The predicted octanol–water partition coefficient (Wildman–Crippen LogP) is 3.42. The van der Waals surface area contributed by atoms with E-state index in [-0.39, 0.29) is 0 Å². The molecule has 2 rings (SSSR count). The van der Waals surface area contributed by atoms with Gasteiger partial charge in [-0.25, -0.2) is 0 Å². The molecule has 1 aromatic heterocycles. The van der Waals surface area contributed by atoms with Crippen molar-refractivity contribution in [1.82, 2.24) is 10.2 Å². The molecule has 1 atom stereocenters. The number of thiophene rings is 1. The Labute approximate surface area is 116 Å². The third kappa shape index (κ3) is 3.65. The molecule has 2 nitrogen and oxygen atoms in total. The molecule has 94 valence electrons. The van der Waals surface area contributed by atoms with Gasteiger partial charge in [0.05, 0.1) is 3.79 Å². The van der Waals surface area contributed by atoms with E-state index in [1.54, 1.807) is 0 Å². The van der Waals surface area contributed by atoms with Gasteiger partial charge in [0, 0.05) is 37.1 Å². The van der Waals surface area contributed by atoms with E-state index in [1.807, 2.05) is 17.4 Å². The minimum atomic E-state index is 0.561. The van der Waals surface area contributed by atoms with Crippen LogP contribution in [-0.2, 0) is 0 Å². The molecule has 0 bridgehead atoms. The first-order valence-corrected chi connectivity index (χ1v) is 7.73. The van der Waals surface area contributed by atoms with Crippen LogP contribution >= 0.6 is 27.3 Å². The molecule has 2 heterocycles. The Hall–Kier alpha value is -0.160. The molecule has 1 aromatic rings. The van der Waals surface area contributed by atoms with Crippen LogP contribution in [0.25, 0.3) is 0 Å². The molecule has 0 spiro atoms. The maximum absolute atomic E-state index is 3.84. The van der Waals surface area contributed by atoms with E-state index >= 15 is 0 Å². The molecule has 0 saturated carbocycles. The average Bonchev–Trinajstić information content (AvgIpc) is 2.78. The lowest BCUT2D eigenvalue weighted by Crippen LogP contribution is -2.45. The Bertz CT molecular complexity index is 358. The monoisotopic (exact) mass is 314 g/mol. The van der Waals surface area contributed by atoms with Gasteiger partial charge in [-0.1, -0.05) is 6.08 Å². The lowest BCUT2D eigenvalue weighted by Gasteiger charge is -2.34. The third-order valence-electron chi connectivity index (χ3n) is 3.16. The predicted molar refractivity (Wildman–Crippen MR) is 78.6 cm³/mol. The van der Waals surface area contributed by atoms with Crippen molar-refractivity contribution in [2.75, 3.05) is 26.2 Å². The normalized spacial score (nSPS) is 19.1. The van der Waals surface area contributed by atoms with Crippen molar-refractivity contribution in [2.45, 2.75) is 18.9 Å². The zero-order chi connectivity index (χ0) is 12.1. The molecule has 1 aliphatic heterocycles. The van der Waals surface area contributed by atoms with Gasteiger partial charge in [-0.2, -0.15) is 0 Å². The highest BCUT2D eigenvalue weighted by atomic mass is 79.9. The lowest BCUT2D eigenvalue weighted by atomic mass is 10.1. The van der Waals surface area contributed by atoms with Crippen LogP contribution in [0, 0.1) is 0 Å². The van der Waals surface area contributed by atoms with Gasteiger partial charge in [0.1, 0.15) is 0 Å². The van der Waals surface area contributed by atoms with E-state index in [4.69, 9.17) is 0 Å². The summed E-state index contributed by atoms with van der Waals surface area (Å²) in [5.41, 5.74) is 0. The number of nitrogens with one attached hydrogen (secondary N) is 1. The van der Waals surface area contributed by atoms with Gasteiger partial charge in [-0.15, -0.1) is 17.9 Å². The van der Waals surface area contributed by atoms with E-state index in [1.165, 1.54) is 15.1 Å². The van der Waals surface area contributed by atoms with Gasteiger partial charge < -0.3 is 5.32 Å². The van der Waals surface area contributed by atoms with Gasteiger partial charge in [0.2, 0.25) is 0 Å². The summed E-state index contributed by atoms with van der Waals surface area (Å²) in [6.07, 6.45) is 4.29. The van der Waals surface area contributed by atoms with Crippen molar-refractivity contribution in [3.05, 3.63) is 33.5 Å². The SMILES string of the molecule is C=CCC[C@@H](c1ccc(Br)s1)N1CCNCC1. The smallest absolute Gasteiger partial charge is 0.0701 e. The highest BCUT2D eigenvalue weighted by Gasteiger charge is 2.22. The number of halogens is 1. The number of nitrogens with zero attached hydrogens (tertiary/aromatic N) is 1. The molecule has 1 N–H and O–H groups in total. The molecule has 17 heavy (non-hydrogen) atoms. The number of rotatable bonds is 5. The minimum Gasteiger partial charge on any atom is -0.314 e. The topological polar surface area (TPSA) is 15.3 Å². The number of allylic oxidation sites excluding steroid dienone is 1. The van der Waals surface area contributed by atoms with Crippen LogP contribution in [0.4, 0.5) is 0 Å². The number of hydrogen-bond donors (Lipinski definition) is 1. The fourth-order valence-corrected chi connectivity index (χ4v) is 3.87. The Morgan fingerprint density at radius 2 is 2.24 bits per heavy atom. The molecular formula is C13H19BrN2S. The van der Waals surface area contributed by atoms with E-state index < -0.39 is 0 Å². The Morgan fingerprint density at radius 1 is 1.47 bits per heavy atom. The van der Waals surface area contributed by atoms with Gasteiger partial charge in [0.15, 0.2) is 0 Å². The fraction of sp³-hybridized carbons (Fsp3) is 0.538. The second kappa shape index (κ2) is 6.69. The molecule has 0 radical (unpaired) electrons. The van der Waals surface area contributed by atoms with Crippen LogP contribution in [0.15, 0.2) is 28.6 Å². The molecule has 1 saturated heterocycles. The van der Waals surface area contributed by atoms with Crippen LogP contribution < -0.4 is 5.32 Å². The Morgan fingerprint density at radius 3 is 2.82 bits per heavy atom. The first kappa shape index (κ1) is 13.3. The molecule has 0 aromatic carbocycles. The summed E-state index contributed by atoms with van der Waals surface area (Å²) >= 11 is 5.42. The van der Waals surface area contributed by atoms with E-state index in [0.29, 0.717) is 6.04 Å². The van der Waals surface area contributed by atoms with Crippen LogP contribution in [0.1, 0.15) is 23.8 Å². The van der Waals surface area contributed by atoms with E-state index in [0.717, 1.165) is 32.6 Å². The summed E-state index contributed by atoms with van der Waals surface area (Å²) in [6.45, 7) is 8.36. The van der Waals surface area contributed by atoms with Crippen molar-refractivity contribution in [3.8, 4) is 0 Å². The summed E-state index contributed by atoms with van der Waals surface area (Å²) in [5, 5.41) is 3.41. The first-order valence-electron chi connectivity index (χ1n) is 6.12. The molecule has 4 heteroatoms. The number of hydrogen-bond acceptors (Lipinski definition) is 3. The number of piperazine rings is 1. The van der Waals surface area contributed by atoms with Crippen LogP contribution in [0.3, 0.4) is 0 Å². The first-order chi connectivity index (χ1) is 8.31. The second-order valence-corrected chi connectivity index (χ2v) is 6.80. The zero-order valence-electron chi connectivity index (χ0n) is 9.99. The second-order valence-electron chi connectivity index (χ2n) is 4.31. The lowest BCUT2D eigenvalue weighted by molar-refractivity contribution is 0.168. The Kier molecular flexibility index (Phi) is 5.22. The summed E-state index contributed by atoms with van der Waals surface area (Å²) < 4.78 is 1.23. The van der Waals surface area contributed by atoms with Crippen molar-refractivity contribution < 1.29 is 0 Å². The van der Waals surface area contributed by atoms with Crippen molar-refractivity contribution in [1.29, 1.82) is 0 Å². The quantitative estimate of drug-likeness (QED) is 0.838. The summed E-state index contributed by atoms with van der Waals surface area (Å²) in [5.74, 6) is 0. The molecule has 1 fully saturated rings. The van der Waals surface area contributed by atoms with Crippen LogP contribution in [-0.4, -0.2) is 31.1 Å². The maximum atomic E-state index is 3.84. The molecule has 0 aliphatic carbocycles. The standard InChI is InChI=1S/C13H19BrN2S/c1-2-3-4-11(12-5-6-13(14)17-12)16-9-7-15-8-10-16/h2,5-6,11,15H,1,3-4,7-10H2/t11-/m0/s1. The minimum absolute atomic E-state index is 0.561. The average molecular weight is 315 g/mol. The molecule has 0 amide bonds. The van der Waals surface area contributed by atoms with Gasteiger partial charge in [-0.3, -0.25) is 4.90 Å². The van der Waals surface area contributed by atoms with Crippen LogP contribution in [0.2, 0.25) is 0 Å². The summed E-state index contributed by atoms with van der Waals surface area (Å²) in [6, 6.07) is 4.97. The van der Waals surface area contributed by atoms with Gasteiger partial charge in [0.25, 0.3) is 0 Å². The van der Waals surface area contributed by atoms with Crippen molar-refractivity contribution in [2.24, 2.45) is 0 Å². The van der Waals surface area contributed by atoms with Gasteiger partial charge in [-0.05, 0) is 40.9 Å². The van der Waals surface area contributed by atoms with Crippen molar-refractivity contribution in [3.63, 3.8) is 0 Å². The van der Waals surface area contributed by atoms with E-state index in [9.17, 15) is 0 Å². The molecule has 1 aliphatic rings. The largest absolute Gasteiger partial charge is 0.314 e. The molecule has 0 unspecified atom stereocenters. The maximum Gasteiger partial charge on any atom is 0.0701 e. The highest BCUT2D eigenvalue weighted by molar-refractivity contribution is 9.11.